The number of benzene rings is 1. The van der Waals surface area contributed by atoms with Crippen molar-refractivity contribution in [1.82, 2.24) is 9.62 Å². The van der Waals surface area contributed by atoms with E-state index in [1.165, 1.54) is 10.4 Å². The molecular weight excluding hydrogens is 340 g/mol. The third-order valence-corrected chi connectivity index (χ3v) is 6.00. The fraction of sp³-hybridized carbons (Fsp3) is 0.611. The summed E-state index contributed by atoms with van der Waals surface area (Å²) in [6, 6.07) is 4.72. The Bertz CT molecular complexity index is 655. The van der Waals surface area contributed by atoms with E-state index in [-0.39, 0.29) is 17.4 Å². The van der Waals surface area contributed by atoms with E-state index in [0.717, 1.165) is 19.3 Å². The molecule has 0 radical (unpaired) electrons. The lowest BCUT2D eigenvalue weighted by molar-refractivity contribution is -0.123. The average Bonchev–Trinajstić information content (AvgIpc) is 2.58. The molecule has 1 rings (SSSR count). The topological polar surface area (TPSA) is 75.7 Å². The molecule has 0 unspecified atom stereocenters. The molecular formula is C18H30N2O4S. The Labute approximate surface area is 151 Å². The van der Waals surface area contributed by atoms with Gasteiger partial charge in [0.25, 0.3) is 5.91 Å². The van der Waals surface area contributed by atoms with E-state index in [2.05, 4.69) is 12.2 Å². The highest BCUT2D eigenvalue weighted by Gasteiger charge is 2.22. The Kier molecular flexibility index (Phi) is 8.92. The van der Waals surface area contributed by atoms with Crippen LogP contribution in [0.5, 0.6) is 5.75 Å². The summed E-state index contributed by atoms with van der Waals surface area (Å²) in [5.74, 6) is 0.345. The molecule has 0 aliphatic heterocycles. The Morgan fingerprint density at radius 1 is 1.16 bits per heavy atom. The summed E-state index contributed by atoms with van der Waals surface area (Å²) in [6.07, 6.45) is 3.15. The number of aryl methyl sites for hydroxylation is 1. The number of hydrogen-bond donors (Lipinski definition) is 1. The number of nitrogens with zero attached hydrogens (tertiary/aromatic N) is 1. The van der Waals surface area contributed by atoms with Gasteiger partial charge < -0.3 is 10.1 Å². The quantitative estimate of drug-likeness (QED) is 0.608. The van der Waals surface area contributed by atoms with Crippen LogP contribution in [0.3, 0.4) is 0 Å². The van der Waals surface area contributed by atoms with E-state index in [1.807, 2.05) is 13.8 Å². The lowest BCUT2D eigenvalue weighted by atomic mass is 10.2. The molecule has 1 aromatic rings. The second-order valence-corrected chi connectivity index (χ2v) is 7.80. The van der Waals surface area contributed by atoms with Crippen LogP contribution in [-0.2, 0) is 14.8 Å². The highest BCUT2D eigenvalue weighted by Crippen LogP contribution is 2.24. The van der Waals surface area contributed by atoms with Crippen molar-refractivity contribution in [3.63, 3.8) is 0 Å². The van der Waals surface area contributed by atoms with Crippen LogP contribution in [0.15, 0.2) is 23.1 Å². The Morgan fingerprint density at radius 2 is 1.84 bits per heavy atom. The molecule has 0 heterocycles. The Balaban J connectivity index is 2.69. The maximum atomic E-state index is 12.5. The van der Waals surface area contributed by atoms with Gasteiger partial charge in [-0.15, -0.1) is 0 Å². The zero-order valence-corrected chi connectivity index (χ0v) is 16.5. The summed E-state index contributed by atoms with van der Waals surface area (Å²) in [5, 5.41) is 2.81. The van der Waals surface area contributed by atoms with Crippen LogP contribution in [0.4, 0.5) is 0 Å². The zero-order valence-electron chi connectivity index (χ0n) is 15.7. The van der Waals surface area contributed by atoms with Gasteiger partial charge in [-0.1, -0.05) is 33.6 Å². The van der Waals surface area contributed by atoms with E-state index in [4.69, 9.17) is 4.74 Å². The minimum absolute atomic E-state index is 0.0743. The third kappa shape index (κ3) is 6.32. The molecule has 0 spiro atoms. The SMILES string of the molecule is CCCCCNC(=O)COc1ccc(S(=O)(=O)N(CC)CC)cc1C. The number of ether oxygens (including phenoxy) is 1. The van der Waals surface area contributed by atoms with E-state index < -0.39 is 10.0 Å². The summed E-state index contributed by atoms with van der Waals surface area (Å²) in [6.45, 7) is 8.93. The molecule has 142 valence electrons. The van der Waals surface area contributed by atoms with Crippen molar-refractivity contribution in [3.05, 3.63) is 23.8 Å². The van der Waals surface area contributed by atoms with Crippen molar-refractivity contribution in [1.29, 1.82) is 0 Å². The molecule has 0 atom stereocenters. The van der Waals surface area contributed by atoms with Crippen LogP contribution in [-0.4, -0.2) is 44.9 Å². The van der Waals surface area contributed by atoms with Gasteiger partial charge in [-0.2, -0.15) is 4.31 Å². The van der Waals surface area contributed by atoms with Crippen molar-refractivity contribution in [2.45, 2.75) is 51.9 Å². The van der Waals surface area contributed by atoms with Crippen molar-refractivity contribution < 1.29 is 17.9 Å². The summed E-state index contributed by atoms with van der Waals surface area (Å²) < 4.78 is 32.0. The van der Waals surface area contributed by atoms with Gasteiger partial charge in [0.05, 0.1) is 4.90 Å². The highest BCUT2D eigenvalue weighted by molar-refractivity contribution is 7.89. The predicted octanol–water partition coefficient (Wildman–Crippen LogP) is 2.71. The second kappa shape index (κ2) is 10.4. The molecule has 0 aliphatic rings. The van der Waals surface area contributed by atoms with Crippen LogP contribution in [0.1, 0.15) is 45.6 Å². The molecule has 7 heteroatoms. The third-order valence-electron chi connectivity index (χ3n) is 3.95. The van der Waals surface area contributed by atoms with Crippen LogP contribution < -0.4 is 10.1 Å². The van der Waals surface area contributed by atoms with Crippen molar-refractivity contribution in [2.75, 3.05) is 26.2 Å². The first-order valence-electron chi connectivity index (χ1n) is 8.87. The molecule has 0 saturated carbocycles. The molecule has 0 bridgehead atoms. The van der Waals surface area contributed by atoms with Crippen molar-refractivity contribution in [3.8, 4) is 5.75 Å². The first-order valence-corrected chi connectivity index (χ1v) is 10.3. The molecule has 0 fully saturated rings. The van der Waals surface area contributed by atoms with Gasteiger partial charge in [0.1, 0.15) is 5.75 Å². The Hall–Kier alpha value is -1.60. The lowest BCUT2D eigenvalue weighted by Gasteiger charge is -2.19. The standard InChI is InChI=1S/C18H30N2O4S/c1-5-8-9-12-19-18(21)14-24-17-11-10-16(13-15(17)4)25(22,23)20(6-2)7-3/h10-11,13H,5-9,12,14H2,1-4H3,(H,19,21). The van der Waals surface area contributed by atoms with E-state index in [0.29, 0.717) is 30.9 Å². The van der Waals surface area contributed by atoms with Gasteiger partial charge in [0, 0.05) is 19.6 Å². The number of rotatable bonds is 11. The van der Waals surface area contributed by atoms with Gasteiger partial charge >= 0.3 is 0 Å². The fourth-order valence-corrected chi connectivity index (χ4v) is 4.00. The molecule has 1 amide bonds. The van der Waals surface area contributed by atoms with Crippen LogP contribution >= 0.6 is 0 Å². The smallest absolute Gasteiger partial charge is 0.257 e. The van der Waals surface area contributed by atoms with Crippen LogP contribution in [0, 0.1) is 6.92 Å². The Morgan fingerprint density at radius 3 is 2.40 bits per heavy atom. The number of carbonyl (C=O) groups excluding carboxylic acids is 1. The van der Waals surface area contributed by atoms with Gasteiger partial charge in [-0.25, -0.2) is 8.42 Å². The molecule has 1 N–H and O–H groups in total. The summed E-state index contributed by atoms with van der Waals surface area (Å²) in [7, 11) is -3.49. The number of carbonyl (C=O) groups is 1. The number of unbranched alkanes of at least 4 members (excludes halogenated alkanes) is 2. The summed E-state index contributed by atoms with van der Waals surface area (Å²) in [5.41, 5.74) is 0.687. The average molecular weight is 371 g/mol. The highest BCUT2D eigenvalue weighted by atomic mass is 32.2. The maximum Gasteiger partial charge on any atom is 0.257 e. The molecule has 6 nitrogen and oxygen atoms in total. The molecule has 1 aromatic carbocycles. The van der Waals surface area contributed by atoms with E-state index in [1.54, 1.807) is 19.1 Å². The van der Waals surface area contributed by atoms with Gasteiger partial charge in [0.15, 0.2) is 6.61 Å². The molecule has 0 aromatic heterocycles. The molecule has 0 aliphatic carbocycles. The van der Waals surface area contributed by atoms with Crippen molar-refractivity contribution in [2.24, 2.45) is 0 Å². The summed E-state index contributed by atoms with van der Waals surface area (Å²) in [4.78, 5) is 12.0. The number of hydrogen-bond acceptors (Lipinski definition) is 4. The molecule has 0 saturated heterocycles. The maximum absolute atomic E-state index is 12.5. The largest absolute Gasteiger partial charge is 0.484 e. The second-order valence-electron chi connectivity index (χ2n) is 5.86. The van der Waals surface area contributed by atoms with Crippen LogP contribution in [0.25, 0.3) is 0 Å². The van der Waals surface area contributed by atoms with E-state index >= 15 is 0 Å². The van der Waals surface area contributed by atoms with Crippen LogP contribution in [0.2, 0.25) is 0 Å². The first-order chi connectivity index (χ1) is 11.9. The number of nitrogens with one attached hydrogen (secondary N) is 1. The number of amides is 1. The lowest BCUT2D eigenvalue weighted by Crippen LogP contribution is -2.31. The summed E-state index contributed by atoms with van der Waals surface area (Å²) >= 11 is 0. The monoisotopic (exact) mass is 370 g/mol. The van der Waals surface area contributed by atoms with Gasteiger partial charge in [-0.3, -0.25) is 4.79 Å². The fourth-order valence-electron chi connectivity index (χ4n) is 2.45. The number of sulfonamides is 1. The first kappa shape index (κ1) is 21.4. The van der Waals surface area contributed by atoms with Gasteiger partial charge in [0.2, 0.25) is 10.0 Å². The van der Waals surface area contributed by atoms with E-state index in [9.17, 15) is 13.2 Å². The van der Waals surface area contributed by atoms with Crippen molar-refractivity contribution >= 4 is 15.9 Å². The minimum Gasteiger partial charge on any atom is -0.484 e. The predicted molar refractivity (Wildman–Crippen MR) is 99.3 cm³/mol. The molecule has 25 heavy (non-hydrogen) atoms. The van der Waals surface area contributed by atoms with Gasteiger partial charge in [-0.05, 0) is 37.1 Å². The minimum atomic E-state index is -3.49. The normalized spacial score (nSPS) is 11.6. The zero-order chi connectivity index (χ0) is 18.9.